The summed E-state index contributed by atoms with van der Waals surface area (Å²) in [6.45, 7) is -1.30. The topological polar surface area (TPSA) is 92.7 Å². The number of aromatic nitrogens is 1. The van der Waals surface area contributed by atoms with E-state index in [2.05, 4.69) is 20.4 Å². The van der Waals surface area contributed by atoms with Crippen LogP contribution in [0.25, 0.3) is 0 Å². The summed E-state index contributed by atoms with van der Waals surface area (Å²) in [7, 11) is 1.42. The second kappa shape index (κ2) is 8.28. The van der Waals surface area contributed by atoms with Crippen molar-refractivity contribution in [2.45, 2.75) is 12.7 Å². The van der Waals surface area contributed by atoms with E-state index in [0.29, 0.717) is 11.3 Å². The molecule has 0 unspecified atom stereocenters. The number of nitrogens with one attached hydrogen (secondary N) is 2. The Bertz CT molecular complexity index is 751. The molecule has 0 bridgehead atoms. The third kappa shape index (κ3) is 6.04. The van der Waals surface area contributed by atoms with Gasteiger partial charge in [0, 0.05) is 12.6 Å². The van der Waals surface area contributed by atoms with Crippen LogP contribution in [0.3, 0.4) is 0 Å². The van der Waals surface area contributed by atoms with Crippen LogP contribution >= 0.6 is 0 Å². The first-order valence-corrected chi connectivity index (χ1v) is 7.33. The number of amides is 2. The van der Waals surface area contributed by atoms with Crippen LogP contribution in [0.15, 0.2) is 36.5 Å². The van der Waals surface area contributed by atoms with Crippen molar-refractivity contribution in [2.24, 2.45) is 0 Å². The van der Waals surface area contributed by atoms with E-state index in [4.69, 9.17) is 4.74 Å². The minimum Gasteiger partial charge on any atom is -0.504 e. The van der Waals surface area contributed by atoms with Gasteiger partial charge in [0.2, 0.25) is 5.88 Å². The van der Waals surface area contributed by atoms with E-state index in [-0.39, 0.29) is 23.9 Å². The largest absolute Gasteiger partial charge is 0.504 e. The number of rotatable bonds is 6. The van der Waals surface area contributed by atoms with Gasteiger partial charge in [-0.2, -0.15) is 13.2 Å². The van der Waals surface area contributed by atoms with Crippen LogP contribution in [-0.2, 0) is 6.54 Å². The summed E-state index contributed by atoms with van der Waals surface area (Å²) in [5, 5.41) is 14.7. The number of nitrogens with zero attached hydrogens (tertiary/aromatic N) is 1. The smallest absolute Gasteiger partial charge is 0.422 e. The van der Waals surface area contributed by atoms with E-state index >= 15 is 0 Å². The molecule has 1 heterocycles. The van der Waals surface area contributed by atoms with E-state index < -0.39 is 18.8 Å². The van der Waals surface area contributed by atoms with Gasteiger partial charge in [0.1, 0.15) is 0 Å². The Morgan fingerprint density at radius 2 is 2.04 bits per heavy atom. The average molecular weight is 371 g/mol. The van der Waals surface area contributed by atoms with Gasteiger partial charge in [-0.1, -0.05) is 6.07 Å². The second-order valence-corrected chi connectivity index (χ2v) is 5.10. The summed E-state index contributed by atoms with van der Waals surface area (Å²) < 4.78 is 45.5. The summed E-state index contributed by atoms with van der Waals surface area (Å²) >= 11 is 0. The third-order valence-corrected chi connectivity index (χ3v) is 3.07. The summed E-state index contributed by atoms with van der Waals surface area (Å²) in [5.41, 5.74) is 0.923. The molecule has 0 atom stereocenters. The quantitative estimate of drug-likeness (QED) is 0.726. The molecule has 1 aromatic heterocycles. The minimum atomic E-state index is -4.45. The molecule has 2 amide bonds. The highest BCUT2D eigenvalue weighted by Crippen LogP contribution is 2.26. The molecule has 0 radical (unpaired) electrons. The molecule has 140 valence electrons. The highest BCUT2D eigenvalue weighted by atomic mass is 19.4. The highest BCUT2D eigenvalue weighted by molar-refractivity contribution is 5.88. The van der Waals surface area contributed by atoms with Crippen LogP contribution in [0, 0.1) is 0 Å². The zero-order valence-electron chi connectivity index (χ0n) is 13.6. The van der Waals surface area contributed by atoms with Crippen LogP contribution in [0.1, 0.15) is 5.56 Å². The van der Waals surface area contributed by atoms with Gasteiger partial charge in [0.25, 0.3) is 0 Å². The lowest BCUT2D eigenvalue weighted by atomic mass is 10.2. The maximum atomic E-state index is 12.0. The first-order valence-electron chi connectivity index (χ1n) is 7.33. The van der Waals surface area contributed by atoms with E-state index in [1.54, 1.807) is 12.1 Å². The van der Waals surface area contributed by atoms with Gasteiger partial charge in [-0.05, 0) is 23.8 Å². The van der Waals surface area contributed by atoms with Crippen LogP contribution in [-0.4, -0.2) is 36.0 Å². The number of hydrogen-bond acceptors (Lipinski definition) is 5. The molecular formula is C16H16F3N3O4. The summed E-state index contributed by atoms with van der Waals surface area (Å²) in [6, 6.07) is 6.71. The van der Waals surface area contributed by atoms with Crippen molar-refractivity contribution in [3.05, 3.63) is 42.1 Å². The number of halogens is 3. The number of benzene rings is 1. The Morgan fingerprint density at radius 1 is 1.27 bits per heavy atom. The molecule has 7 nitrogen and oxygen atoms in total. The fourth-order valence-electron chi connectivity index (χ4n) is 1.90. The maximum absolute atomic E-state index is 12.0. The zero-order chi connectivity index (χ0) is 19.2. The van der Waals surface area contributed by atoms with Gasteiger partial charge in [-0.3, -0.25) is 0 Å². The van der Waals surface area contributed by atoms with Gasteiger partial charge in [0.15, 0.2) is 18.1 Å². The fraction of sp³-hybridized carbons (Fsp3) is 0.250. The van der Waals surface area contributed by atoms with E-state index in [1.807, 2.05) is 0 Å². The monoisotopic (exact) mass is 371 g/mol. The van der Waals surface area contributed by atoms with Crippen molar-refractivity contribution in [1.29, 1.82) is 0 Å². The molecule has 0 aliphatic carbocycles. The highest BCUT2D eigenvalue weighted by Gasteiger charge is 2.28. The molecule has 1 aromatic carbocycles. The van der Waals surface area contributed by atoms with E-state index in [9.17, 15) is 23.1 Å². The van der Waals surface area contributed by atoms with E-state index in [0.717, 1.165) is 0 Å². The lowest BCUT2D eigenvalue weighted by molar-refractivity contribution is -0.154. The number of carbonyl (C=O) groups excluding carboxylic acids is 1. The molecule has 0 saturated heterocycles. The third-order valence-electron chi connectivity index (χ3n) is 3.07. The normalized spacial score (nSPS) is 10.9. The minimum absolute atomic E-state index is 0.0501. The number of hydrogen-bond donors (Lipinski definition) is 3. The van der Waals surface area contributed by atoms with Crippen molar-refractivity contribution in [1.82, 2.24) is 10.3 Å². The Morgan fingerprint density at radius 3 is 2.62 bits per heavy atom. The number of alkyl halides is 3. The Kier molecular flexibility index (Phi) is 6.10. The van der Waals surface area contributed by atoms with Gasteiger partial charge < -0.3 is 25.2 Å². The van der Waals surface area contributed by atoms with Gasteiger partial charge >= 0.3 is 12.2 Å². The first kappa shape index (κ1) is 19.2. The Balaban J connectivity index is 1.83. The zero-order valence-corrected chi connectivity index (χ0v) is 13.6. The van der Waals surface area contributed by atoms with Gasteiger partial charge in [-0.15, -0.1) is 0 Å². The van der Waals surface area contributed by atoms with Gasteiger partial charge in [-0.25, -0.2) is 9.78 Å². The molecule has 0 aliphatic rings. The van der Waals surface area contributed by atoms with Crippen molar-refractivity contribution >= 4 is 11.7 Å². The van der Waals surface area contributed by atoms with Crippen molar-refractivity contribution in [3.8, 4) is 17.4 Å². The number of aromatic hydroxyl groups is 1. The summed E-state index contributed by atoms with van der Waals surface area (Å²) in [5.74, 6) is 0.0601. The molecule has 26 heavy (non-hydrogen) atoms. The van der Waals surface area contributed by atoms with Gasteiger partial charge in [0.05, 0.1) is 19.0 Å². The molecule has 0 saturated carbocycles. The molecule has 0 spiro atoms. The molecule has 0 aliphatic heterocycles. The second-order valence-electron chi connectivity index (χ2n) is 5.10. The molecule has 0 fully saturated rings. The van der Waals surface area contributed by atoms with Crippen LogP contribution < -0.4 is 20.1 Å². The lowest BCUT2D eigenvalue weighted by Crippen LogP contribution is -2.28. The molecule has 2 rings (SSSR count). The standard InChI is InChI=1S/C16H16F3N3O4/c1-25-13-4-2-10(6-12(13)23)7-21-15(24)22-11-3-5-14(20-8-11)26-9-16(17,18)19/h2-6,8,23H,7,9H2,1H3,(H2,21,22,24). The molecule has 2 aromatic rings. The van der Waals surface area contributed by atoms with Crippen molar-refractivity contribution in [3.63, 3.8) is 0 Å². The van der Waals surface area contributed by atoms with Crippen LogP contribution in [0.5, 0.6) is 17.4 Å². The van der Waals surface area contributed by atoms with Crippen molar-refractivity contribution in [2.75, 3.05) is 19.0 Å². The predicted octanol–water partition coefficient (Wildman–Crippen LogP) is 3.06. The van der Waals surface area contributed by atoms with Crippen LogP contribution in [0.2, 0.25) is 0 Å². The van der Waals surface area contributed by atoms with E-state index in [1.165, 1.54) is 31.5 Å². The number of methoxy groups -OCH3 is 1. The molecule has 3 N–H and O–H groups in total. The number of anilines is 1. The first-order chi connectivity index (χ1) is 12.3. The van der Waals surface area contributed by atoms with Crippen molar-refractivity contribution < 1.29 is 32.5 Å². The average Bonchev–Trinajstić information content (AvgIpc) is 2.59. The number of phenols is 1. The summed E-state index contributed by atoms with van der Waals surface area (Å²) in [6.07, 6.45) is -3.28. The number of ether oxygens (including phenoxy) is 2. The number of urea groups is 1. The lowest BCUT2D eigenvalue weighted by Gasteiger charge is -2.10. The number of phenolic OH excluding ortho intramolecular Hbond substituents is 1. The Hall–Kier alpha value is -3.17. The SMILES string of the molecule is COc1ccc(CNC(=O)Nc2ccc(OCC(F)(F)F)nc2)cc1O. The van der Waals surface area contributed by atoms with Crippen LogP contribution in [0.4, 0.5) is 23.7 Å². The number of pyridine rings is 1. The number of carbonyl (C=O) groups is 1. The predicted molar refractivity (Wildman–Crippen MR) is 86.3 cm³/mol. The fourth-order valence-corrected chi connectivity index (χ4v) is 1.90. The summed E-state index contributed by atoms with van der Waals surface area (Å²) in [4.78, 5) is 15.5. The molecule has 10 heteroatoms. The Labute approximate surface area is 146 Å². The molecular weight excluding hydrogens is 355 g/mol. The maximum Gasteiger partial charge on any atom is 0.422 e.